The van der Waals surface area contributed by atoms with E-state index >= 15 is 0 Å². The molecule has 0 amide bonds. The maximum Gasteiger partial charge on any atom is 0.138 e. The molecule has 0 fully saturated rings. The maximum atomic E-state index is 12.9. The fourth-order valence-corrected chi connectivity index (χ4v) is 2.30. The molecule has 0 aliphatic heterocycles. The van der Waals surface area contributed by atoms with Crippen LogP contribution in [-0.2, 0) is 0 Å². The van der Waals surface area contributed by atoms with E-state index in [4.69, 9.17) is 16.3 Å². The summed E-state index contributed by atoms with van der Waals surface area (Å²) in [5.74, 6) is 0.964. The molecule has 0 heterocycles. The molecule has 1 atom stereocenters. The molecule has 100 valence electrons. The Morgan fingerprint density at radius 2 is 1.89 bits per heavy atom. The summed E-state index contributed by atoms with van der Waals surface area (Å²) in [6.07, 6.45) is 0. The van der Waals surface area contributed by atoms with Crippen LogP contribution in [0.5, 0.6) is 5.75 Å². The van der Waals surface area contributed by atoms with E-state index in [1.807, 2.05) is 30.3 Å². The molecule has 0 aliphatic rings. The number of benzene rings is 2. The predicted octanol–water partition coefficient (Wildman–Crippen LogP) is 4.57. The van der Waals surface area contributed by atoms with Crippen molar-refractivity contribution in [3.8, 4) is 5.75 Å². The second-order valence-corrected chi connectivity index (χ2v) is 4.95. The lowest BCUT2D eigenvalue weighted by molar-refractivity contribution is 0.297. The topological polar surface area (TPSA) is 9.23 Å². The van der Waals surface area contributed by atoms with Gasteiger partial charge in [0, 0.05) is 11.7 Å². The van der Waals surface area contributed by atoms with Gasteiger partial charge in [-0.3, -0.25) is 0 Å². The highest BCUT2D eigenvalue weighted by molar-refractivity contribution is 7.80. The van der Waals surface area contributed by atoms with E-state index < -0.39 is 0 Å². The average Bonchev–Trinajstić information content (AvgIpc) is 2.43. The quantitative estimate of drug-likeness (QED) is 0.795. The van der Waals surface area contributed by atoms with Crippen molar-refractivity contribution < 1.29 is 9.13 Å². The second kappa shape index (κ2) is 6.83. The minimum Gasteiger partial charge on any atom is -0.491 e. The second-order valence-electron chi connectivity index (χ2n) is 4.18. The lowest BCUT2D eigenvalue weighted by Crippen LogP contribution is -2.12. The number of halogens is 2. The molecule has 0 spiro atoms. The van der Waals surface area contributed by atoms with Gasteiger partial charge >= 0.3 is 0 Å². The monoisotopic (exact) mass is 296 g/mol. The molecular weight excluding hydrogens is 283 g/mol. The van der Waals surface area contributed by atoms with Gasteiger partial charge in [0.1, 0.15) is 11.6 Å². The first-order chi connectivity index (χ1) is 9.20. The highest BCUT2D eigenvalue weighted by atomic mass is 35.5. The molecule has 0 radical (unpaired) electrons. The smallest absolute Gasteiger partial charge is 0.138 e. The highest BCUT2D eigenvalue weighted by Crippen LogP contribution is 2.27. The van der Waals surface area contributed by atoms with Crippen LogP contribution in [0.15, 0.2) is 48.5 Å². The first-order valence-electron chi connectivity index (χ1n) is 5.94. The lowest BCUT2D eigenvalue weighted by Gasteiger charge is -2.16. The molecule has 4 heteroatoms. The van der Waals surface area contributed by atoms with Crippen LogP contribution in [0.3, 0.4) is 0 Å². The Morgan fingerprint density at radius 1 is 1.16 bits per heavy atom. The maximum absolute atomic E-state index is 12.9. The summed E-state index contributed by atoms with van der Waals surface area (Å²) in [6, 6.07) is 14.1. The van der Waals surface area contributed by atoms with Crippen molar-refractivity contribution in [2.45, 2.75) is 5.92 Å². The fourth-order valence-electron chi connectivity index (χ4n) is 1.76. The third-order valence-corrected chi connectivity index (χ3v) is 3.56. The standard InChI is InChI=1S/C15H14ClFOS/c16-14-8-13(17)6-7-15(14)18-9-12(10-19)11-4-2-1-3-5-11/h1-8,12,19H,9-10H2. The van der Waals surface area contributed by atoms with Crippen molar-refractivity contribution in [1.82, 2.24) is 0 Å². The van der Waals surface area contributed by atoms with Crippen LogP contribution in [0.4, 0.5) is 4.39 Å². The Bertz CT molecular complexity index is 533. The Hall–Kier alpha value is -1.19. The molecular formula is C15H14ClFOS. The highest BCUT2D eigenvalue weighted by Gasteiger charge is 2.11. The summed E-state index contributed by atoms with van der Waals surface area (Å²) in [7, 11) is 0. The Labute approximate surface area is 122 Å². The summed E-state index contributed by atoms with van der Waals surface area (Å²) in [5.41, 5.74) is 1.16. The van der Waals surface area contributed by atoms with Gasteiger partial charge in [0.25, 0.3) is 0 Å². The van der Waals surface area contributed by atoms with Gasteiger partial charge in [-0.1, -0.05) is 41.9 Å². The van der Waals surface area contributed by atoms with Gasteiger partial charge in [-0.05, 0) is 23.8 Å². The van der Waals surface area contributed by atoms with Gasteiger partial charge in [-0.2, -0.15) is 12.6 Å². The molecule has 0 saturated carbocycles. The van der Waals surface area contributed by atoms with Crippen molar-refractivity contribution in [2.75, 3.05) is 12.4 Å². The number of hydrogen-bond donors (Lipinski definition) is 1. The molecule has 2 rings (SSSR count). The molecule has 19 heavy (non-hydrogen) atoms. The molecule has 0 aliphatic carbocycles. The Kier molecular flexibility index (Phi) is 5.11. The number of ether oxygens (including phenoxy) is 1. The van der Waals surface area contributed by atoms with Crippen molar-refractivity contribution >= 4 is 24.2 Å². The van der Waals surface area contributed by atoms with E-state index in [2.05, 4.69) is 12.6 Å². The SMILES string of the molecule is Fc1ccc(OCC(CS)c2ccccc2)c(Cl)c1. The lowest BCUT2D eigenvalue weighted by atomic mass is 10.0. The van der Waals surface area contributed by atoms with Gasteiger partial charge in [-0.15, -0.1) is 0 Å². The minimum atomic E-state index is -0.369. The van der Waals surface area contributed by atoms with Crippen molar-refractivity contribution in [3.63, 3.8) is 0 Å². The zero-order valence-corrected chi connectivity index (χ0v) is 11.9. The summed E-state index contributed by atoms with van der Waals surface area (Å²) < 4.78 is 18.6. The largest absolute Gasteiger partial charge is 0.491 e. The van der Waals surface area contributed by atoms with Gasteiger partial charge in [0.05, 0.1) is 11.6 Å². The summed E-state index contributed by atoms with van der Waals surface area (Å²) in [6.45, 7) is 0.457. The van der Waals surface area contributed by atoms with Crippen LogP contribution in [0.25, 0.3) is 0 Å². The zero-order valence-electron chi connectivity index (χ0n) is 10.2. The molecule has 1 nitrogen and oxygen atoms in total. The number of hydrogen-bond acceptors (Lipinski definition) is 2. The van der Waals surface area contributed by atoms with E-state index in [9.17, 15) is 4.39 Å². The van der Waals surface area contributed by atoms with Crippen LogP contribution in [-0.4, -0.2) is 12.4 Å². The van der Waals surface area contributed by atoms with E-state index in [-0.39, 0.29) is 16.8 Å². The Balaban J connectivity index is 2.04. The average molecular weight is 297 g/mol. The van der Waals surface area contributed by atoms with Crippen molar-refractivity contribution in [3.05, 3.63) is 64.9 Å². The number of thiol groups is 1. The summed E-state index contributed by atoms with van der Waals surface area (Å²) in [5, 5.41) is 0.283. The number of rotatable bonds is 5. The van der Waals surface area contributed by atoms with Crippen LogP contribution >= 0.6 is 24.2 Å². The van der Waals surface area contributed by atoms with Gasteiger partial charge < -0.3 is 4.74 Å². The van der Waals surface area contributed by atoms with Crippen LogP contribution in [0.1, 0.15) is 11.5 Å². The summed E-state index contributed by atoms with van der Waals surface area (Å²) >= 11 is 10.3. The van der Waals surface area contributed by atoms with Crippen LogP contribution < -0.4 is 4.74 Å². The van der Waals surface area contributed by atoms with E-state index in [1.54, 1.807) is 0 Å². The molecule has 0 N–H and O–H groups in total. The minimum absolute atomic E-state index is 0.172. The normalized spacial score (nSPS) is 12.2. The third kappa shape index (κ3) is 3.88. The Morgan fingerprint density at radius 3 is 2.53 bits per heavy atom. The predicted molar refractivity (Wildman–Crippen MR) is 79.9 cm³/mol. The molecule has 1 unspecified atom stereocenters. The van der Waals surface area contributed by atoms with Gasteiger partial charge in [-0.25, -0.2) is 4.39 Å². The van der Waals surface area contributed by atoms with E-state index in [1.165, 1.54) is 18.2 Å². The van der Waals surface area contributed by atoms with E-state index in [0.29, 0.717) is 18.1 Å². The third-order valence-electron chi connectivity index (χ3n) is 2.83. The van der Waals surface area contributed by atoms with E-state index in [0.717, 1.165) is 5.56 Å². The first-order valence-corrected chi connectivity index (χ1v) is 6.95. The molecule has 2 aromatic rings. The molecule has 0 aromatic heterocycles. The zero-order chi connectivity index (χ0) is 13.7. The van der Waals surface area contributed by atoms with Crippen LogP contribution in [0, 0.1) is 5.82 Å². The van der Waals surface area contributed by atoms with Crippen LogP contribution in [0.2, 0.25) is 5.02 Å². The van der Waals surface area contributed by atoms with Crippen molar-refractivity contribution in [1.29, 1.82) is 0 Å². The first kappa shape index (κ1) is 14.2. The molecule has 0 bridgehead atoms. The van der Waals surface area contributed by atoms with Gasteiger partial charge in [0.15, 0.2) is 0 Å². The molecule has 0 saturated heterocycles. The fraction of sp³-hybridized carbons (Fsp3) is 0.200. The molecule has 2 aromatic carbocycles. The van der Waals surface area contributed by atoms with Gasteiger partial charge in [0.2, 0.25) is 0 Å². The summed E-state index contributed by atoms with van der Waals surface area (Å²) in [4.78, 5) is 0. The van der Waals surface area contributed by atoms with Crippen molar-refractivity contribution in [2.24, 2.45) is 0 Å².